The van der Waals surface area contributed by atoms with Gasteiger partial charge < -0.3 is 15.4 Å². The van der Waals surface area contributed by atoms with Crippen LogP contribution in [-0.2, 0) is 11.3 Å². The Bertz CT molecular complexity index is 789. The minimum absolute atomic E-state index is 0.0269. The smallest absolute Gasteiger partial charge is 0.358 e. The first-order valence-corrected chi connectivity index (χ1v) is 7.99. The molecule has 0 aliphatic rings. The van der Waals surface area contributed by atoms with E-state index in [2.05, 4.69) is 10.4 Å². The van der Waals surface area contributed by atoms with Gasteiger partial charge in [-0.15, -0.1) is 0 Å². The van der Waals surface area contributed by atoms with Gasteiger partial charge in [-0.3, -0.25) is 4.79 Å². The number of halogens is 2. The van der Waals surface area contributed by atoms with E-state index in [1.54, 1.807) is 25.1 Å². The molecule has 0 spiro atoms. The van der Waals surface area contributed by atoms with Crippen LogP contribution in [0.5, 0.6) is 0 Å². The fourth-order valence-electron chi connectivity index (χ4n) is 2.19. The minimum atomic E-state index is -0.625. The Labute approximate surface area is 148 Å². The highest BCUT2D eigenvalue weighted by molar-refractivity contribution is 6.33. The molecule has 1 aromatic heterocycles. The number of nitro groups is 1. The monoisotopic (exact) mass is 370 g/mol. The van der Waals surface area contributed by atoms with Gasteiger partial charge >= 0.3 is 5.82 Å². The first-order valence-electron chi connectivity index (χ1n) is 7.23. The van der Waals surface area contributed by atoms with Gasteiger partial charge in [0, 0.05) is 17.1 Å². The number of benzene rings is 1. The molecule has 1 amide bonds. The number of hydrogen-bond acceptors (Lipinski definition) is 4. The molecule has 0 fully saturated rings. The van der Waals surface area contributed by atoms with Crippen molar-refractivity contribution in [3.63, 3.8) is 0 Å². The van der Waals surface area contributed by atoms with E-state index in [-0.39, 0.29) is 23.2 Å². The van der Waals surface area contributed by atoms with Crippen molar-refractivity contribution in [1.82, 2.24) is 9.78 Å². The quantitative estimate of drug-likeness (QED) is 0.611. The number of nitrogens with zero attached hydrogens (tertiary/aromatic N) is 3. The van der Waals surface area contributed by atoms with Gasteiger partial charge in [0.05, 0.1) is 17.3 Å². The summed E-state index contributed by atoms with van der Waals surface area (Å²) in [5, 5.41) is 18.1. The highest BCUT2D eigenvalue weighted by Gasteiger charge is 2.23. The maximum absolute atomic E-state index is 12.0. The van der Waals surface area contributed by atoms with Crippen LogP contribution in [-0.4, -0.2) is 20.6 Å². The molecular formula is C15H16Cl2N4O3. The van der Waals surface area contributed by atoms with E-state index >= 15 is 0 Å². The third kappa shape index (κ3) is 4.04. The van der Waals surface area contributed by atoms with Crippen molar-refractivity contribution >= 4 is 40.6 Å². The Balaban J connectivity index is 1.92. The van der Waals surface area contributed by atoms with Gasteiger partial charge in [-0.1, -0.05) is 29.3 Å². The van der Waals surface area contributed by atoms with Gasteiger partial charge in [-0.05, 0) is 42.9 Å². The predicted octanol–water partition coefficient (Wildman–Crippen LogP) is 4.13. The van der Waals surface area contributed by atoms with E-state index in [1.807, 2.05) is 6.92 Å². The van der Waals surface area contributed by atoms with Crippen LogP contribution in [0.3, 0.4) is 0 Å². The molecular weight excluding hydrogens is 355 g/mol. The third-order valence-corrected chi connectivity index (χ3v) is 4.46. The first kappa shape index (κ1) is 18.2. The van der Waals surface area contributed by atoms with Crippen LogP contribution >= 0.6 is 23.2 Å². The topological polar surface area (TPSA) is 90.1 Å². The summed E-state index contributed by atoms with van der Waals surface area (Å²) >= 11 is 11.9. The van der Waals surface area contributed by atoms with Gasteiger partial charge in [0.15, 0.2) is 5.02 Å². The number of anilines is 1. The minimum Gasteiger partial charge on any atom is -0.358 e. The molecule has 2 rings (SSSR count). The van der Waals surface area contributed by atoms with Crippen molar-refractivity contribution < 1.29 is 9.72 Å². The predicted molar refractivity (Wildman–Crippen MR) is 92.7 cm³/mol. The SMILES string of the molecule is Cc1c(Cl)cccc1NC(=O)CCCn1nc([N+](=O)[O-])c(Cl)c1C. The second-order valence-electron chi connectivity index (χ2n) is 5.27. The summed E-state index contributed by atoms with van der Waals surface area (Å²) in [5.74, 6) is -0.529. The van der Waals surface area contributed by atoms with Gasteiger partial charge in [-0.2, -0.15) is 4.68 Å². The van der Waals surface area contributed by atoms with E-state index in [0.717, 1.165) is 5.56 Å². The number of rotatable bonds is 6. The van der Waals surface area contributed by atoms with Crippen LogP contribution in [0.4, 0.5) is 11.5 Å². The summed E-state index contributed by atoms with van der Waals surface area (Å²) in [7, 11) is 0. The second kappa shape index (κ2) is 7.63. The number of nitrogens with one attached hydrogen (secondary N) is 1. The summed E-state index contributed by atoms with van der Waals surface area (Å²) < 4.78 is 1.44. The molecule has 128 valence electrons. The van der Waals surface area contributed by atoms with E-state index in [0.29, 0.717) is 29.4 Å². The molecule has 24 heavy (non-hydrogen) atoms. The number of hydrogen-bond donors (Lipinski definition) is 1. The number of aryl methyl sites for hydroxylation is 1. The Morgan fingerprint density at radius 1 is 1.38 bits per heavy atom. The standard InChI is InChI=1S/C15H16Cl2N4O3/c1-9-11(16)5-3-6-12(9)18-13(22)7-4-8-20-10(2)14(17)15(19-20)21(23)24/h3,5-6H,4,7-8H2,1-2H3,(H,18,22). The van der Waals surface area contributed by atoms with Crippen LogP contribution in [0.2, 0.25) is 10.0 Å². The molecule has 1 heterocycles. The van der Waals surface area contributed by atoms with Gasteiger partial charge in [0.25, 0.3) is 0 Å². The lowest BCUT2D eigenvalue weighted by molar-refractivity contribution is -0.389. The zero-order valence-electron chi connectivity index (χ0n) is 13.2. The Morgan fingerprint density at radius 2 is 2.08 bits per heavy atom. The Hall–Kier alpha value is -2.12. The molecule has 0 bridgehead atoms. The first-order chi connectivity index (χ1) is 11.3. The van der Waals surface area contributed by atoms with Crippen LogP contribution in [0, 0.1) is 24.0 Å². The Morgan fingerprint density at radius 3 is 2.71 bits per heavy atom. The average molecular weight is 371 g/mol. The molecule has 0 atom stereocenters. The molecule has 0 aliphatic heterocycles. The number of carbonyl (C=O) groups is 1. The molecule has 7 nitrogen and oxygen atoms in total. The fourth-order valence-corrected chi connectivity index (χ4v) is 2.57. The summed E-state index contributed by atoms with van der Waals surface area (Å²) in [6.07, 6.45) is 0.720. The van der Waals surface area contributed by atoms with E-state index in [4.69, 9.17) is 23.2 Å². The van der Waals surface area contributed by atoms with Gasteiger partial charge in [0.2, 0.25) is 5.91 Å². The van der Waals surface area contributed by atoms with Crippen molar-refractivity contribution in [1.29, 1.82) is 0 Å². The largest absolute Gasteiger partial charge is 0.408 e. The lowest BCUT2D eigenvalue weighted by Crippen LogP contribution is -2.14. The summed E-state index contributed by atoms with van der Waals surface area (Å²) in [5.41, 5.74) is 1.98. The summed E-state index contributed by atoms with van der Waals surface area (Å²) in [4.78, 5) is 22.2. The number of amides is 1. The van der Waals surface area contributed by atoms with Crippen molar-refractivity contribution in [2.24, 2.45) is 0 Å². The maximum Gasteiger partial charge on any atom is 0.408 e. The second-order valence-corrected chi connectivity index (χ2v) is 6.05. The van der Waals surface area contributed by atoms with Crippen molar-refractivity contribution in [2.75, 3.05) is 5.32 Å². The van der Waals surface area contributed by atoms with Crippen LogP contribution < -0.4 is 5.32 Å². The zero-order chi connectivity index (χ0) is 17.9. The highest BCUT2D eigenvalue weighted by atomic mass is 35.5. The lowest BCUT2D eigenvalue weighted by atomic mass is 10.2. The summed E-state index contributed by atoms with van der Waals surface area (Å²) in [6, 6.07) is 5.29. The number of aromatic nitrogens is 2. The van der Waals surface area contributed by atoms with E-state index < -0.39 is 4.92 Å². The summed E-state index contributed by atoms with van der Waals surface area (Å²) in [6.45, 7) is 3.84. The average Bonchev–Trinajstić information content (AvgIpc) is 2.80. The van der Waals surface area contributed by atoms with Crippen LogP contribution in [0.1, 0.15) is 24.1 Å². The van der Waals surface area contributed by atoms with Crippen molar-refractivity contribution in [2.45, 2.75) is 33.2 Å². The zero-order valence-corrected chi connectivity index (χ0v) is 14.7. The lowest BCUT2D eigenvalue weighted by Gasteiger charge is -2.09. The van der Waals surface area contributed by atoms with E-state index in [9.17, 15) is 14.9 Å². The fraction of sp³-hybridized carbons (Fsp3) is 0.333. The maximum atomic E-state index is 12.0. The molecule has 2 aromatic rings. The molecule has 0 saturated carbocycles. The highest BCUT2D eigenvalue weighted by Crippen LogP contribution is 2.26. The van der Waals surface area contributed by atoms with Crippen molar-refractivity contribution in [3.05, 3.63) is 49.6 Å². The van der Waals surface area contributed by atoms with Gasteiger partial charge in [0.1, 0.15) is 0 Å². The molecule has 0 saturated heterocycles. The van der Waals surface area contributed by atoms with Gasteiger partial charge in [-0.25, -0.2) is 0 Å². The van der Waals surface area contributed by atoms with Crippen LogP contribution in [0.25, 0.3) is 0 Å². The molecule has 0 radical (unpaired) electrons. The van der Waals surface area contributed by atoms with Crippen LogP contribution in [0.15, 0.2) is 18.2 Å². The third-order valence-electron chi connectivity index (χ3n) is 3.61. The molecule has 9 heteroatoms. The molecule has 1 aromatic carbocycles. The number of carbonyl (C=O) groups excluding carboxylic acids is 1. The molecule has 0 aliphatic carbocycles. The Kier molecular flexibility index (Phi) is 5.80. The van der Waals surface area contributed by atoms with E-state index in [1.165, 1.54) is 4.68 Å². The van der Waals surface area contributed by atoms with Crippen molar-refractivity contribution in [3.8, 4) is 0 Å². The normalized spacial score (nSPS) is 10.7. The molecule has 1 N–H and O–H groups in total. The molecule has 0 unspecified atom stereocenters.